The number of nitrogens with one attached hydrogen (secondary N) is 2. The number of carbonyl (C=O) groups is 1. The van der Waals surface area contributed by atoms with Gasteiger partial charge in [0.25, 0.3) is 0 Å². The van der Waals surface area contributed by atoms with E-state index in [1.807, 2.05) is 31.7 Å². The normalized spacial score (nSPS) is 26.5. The van der Waals surface area contributed by atoms with Crippen molar-refractivity contribution in [3.63, 3.8) is 0 Å². The highest BCUT2D eigenvalue weighted by atomic mass is 16.2. The highest BCUT2D eigenvalue weighted by molar-refractivity contribution is 5.82. The topological polar surface area (TPSA) is 59.0 Å². The highest BCUT2D eigenvalue weighted by Gasteiger charge is 2.27. The third-order valence-corrected chi connectivity index (χ3v) is 2.67. The lowest BCUT2D eigenvalue weighted by atomic mass is 10.1. The monoisotopic (exact) mass is 208 g/mol. The molecule has 1 amide bonds. The lowest BCUT2D eigenvalue weighted by Crippen LogP contribution is -2.53. The predicted octanol–water partition coefficient (Wildman–Crippen LogP) is -0.122. The fraction of sp³-hybridized carbons (Fsp3) is 0.600. The third-order valence-electron chi connectivity index (χ3n) is 2.67. The first-order chi connectivity index (χ1) is 7.08. The van der Waals surface area contributed by atoms with Crippen molar-refractivity contribution in [2.24, 2.45) is 7.05 Å². The number of piperazine rings is 1. The van der Waals surface area contributed by atoms with Gasteiger partial charge in [-0.05, 0) is 13.8 Å². The lowest BCUT2D eigenvalue weighted by Gasteiger charge is -2.28. The van der Waals surface area contributed by atoms with Crippen LogP contribution in [0.5, 0.6) is 0 Å². The first-order valence-electron chi connectivity index (χ1n) is 5.11. The molecule has 2 unspecified atom stereocenters. The second-order valence-corrected chi connectivity index (χ2v) is 4.04. The first kappa shape index (κ1) is 10.2. The maximum atomic E-state index is 11.3. The van der Waals surface area contributed by atoms with E-state index in [0.717, 1.165) is 11.5 Å². The molecule has 1 aliphatic heterocycles. The van der Waals surface area contributed by atoms with E-state index in [0.29, 0.717) is 6.54 Å². The van der Waals surface area contributed by atoms with Gasteiger partial charge in [-0.3, -0.25) is 10.1 Å². The molecule has 1 saturated heterocycles. The molecule has 2 N–H and O–H groups in total. The Morgan fingerprint density at radius 2 is 2.33 bits per heavy atom. The van der Waals surface area contributed by atoms with Crippen LogP contribution in [0.15, 0.2) is 6.20 Å². The minimum Gasteiger partial charge on any atom is -0.353 e. The van der Waals surface area contributed by atoms with Crippen LogP contribution in [0.2, 0.25) is 0 Å². The lowest BCUT2D eigenvalue weighted by molar-refractivity contribution is -0.124. The number of rotatable bonds is 1. The molecular weight excluding hydrogens is 192 g/mol. The van der Waals surface area contributed by atoms with Crippen LogP contribution in [0, 0.1) is 6.92 Å². The number of aromatic nitrogens is 2. The summed E-state index contributed by atoms with van der Waals surface area (Å²) in [5, 5.41) is 6.10. The van der Waals surface area contributed by atoms with Crippen molar-refractivity contribution >= 4 is 5.91 Å². The summed E-state index contributed by atoms with van der Waals surface area (Å²) in [6.07, 6.45) is 1.98. The van der Waals surface area contributed by atoms with Gasteiger partial charge >= 0.3 is 0 Å². The molecule has 5 heteroatoms. The summed E-state index contributed by atoms with van der Waals surface area (Å²) in [4.78, 5) is 15.7. The summed E-state index contributed by atoms with van der Waals surface area (Å²) in [7, 11) is 1.97. The summed E-state index contributed by atoms with van der Waals surface area (Å²) in [6.45, 7) is 4.43. The fourth-order valence-electron chi connectivity index (χ4n) is 1.92. The molecule has 0 radical (unpaired) electrons. The van der Waals surface area contributed by atoms with Crippen LogP contribution in [0.3, 0.4) is 0 Å². The largest absolute Gasteiger partial charge is 0.353 e. The van der Waals surface area contributed by atoms with Crippen molar-refractivity contribution < 1.29 is 4.79 Å². The Bertz CT molecular complexity index is 385. The van der Waals surface area contributed by atoms with E-state index in [2.05, 4.69) is 15.6 Å². The average Bonchev–Trinajstić information content (AvgIpc) is 2.50. The zero-order chi connectivity index (χ0) is 11.0. The molecule has 5 nitrogen and oxygen atoms in total. The number of nitrogens with zero attached hydrogens (tertiary/aromatic N) is 2. The SMILES string of the molecule is Cc1cn(C)c(C2CNC(=O)C(C)N2)n1. The Kier molecular flexibility index (Phi) is 2.48. The summed E-state index contributed by atoms with van der Waals surface area (Å²) in [5.74, 6) is 1.02. The quantitative estimate of drug-likeness (QED) is 0.676. The summed E-state index contributed by atoms with van der Waals surface area (Å²) in [6, 6.07) is -0.0443. The van der Waals surface area contributed by atoms with Crippen LogP contribution in [0.4, 0.5) is 0 Å². The van der Waals surface area contributed by atoms with E-state index < -0.39 is 0 Å². The molecule has 1 aliphatic rings. The fourth-order valence-corrected chi connectivity index (χ4v) is 1.92. The number of aryl methyl sites for hydroxylation is 2. The smallest absolute Gasteiger partial charge is 0.236 e. The van der Waals surface area contributed by atoms with Crippen LogP contribution < -0.4 is 10.6 Å². The summed E-state index contributed by atoms with van der Waals surface area (Å²) < 4.78 is 2.00. The number of carbonyl (C=O) groups excluding carboxylic acids is 1. The Hall–Kier alpha value is -1.36. The van der Waals surface area contributed by atoms with Gasteiger partial charge in [-0.2, -0.15) is 0 Å². The Morgan fingerprint density at radius 1 is 1.60 bits per heavy atom. The molecule has 0 spiro atoms. The van der Waals surface area contributed by atoms with Crippen molar-refractivity contribution in [1.82, 2.24) is 20.2 Å². The van der Waals surface area contributed by atoms with E-state index in [9.17, 15) is 4.79 Å². The molecule has 0 aliphatic carbocycles. The third kappa shape index (κ3) is 1.87. The molecule has 1 fully saturated rings. The van der Waals surface area contributed by atoms with Gasteiger partial charge in [0.2, 0.25) is 5.91 Å². The van der Waals surface area contributed by atoms with Crippen molar-refractivity contribution in [1.29, 1.82) is 0 Å². The van der Waals surface area contributed by atoms with Crippen LogP contribution in [0.25, 0.3) is 0 Å². The summed E-state index contributed by atoms with van der Waals surface area (Å²) in [5.41, 5.74) is 0.999. The molecule has 82 valence electrons. The molecule has 2 heterocycles. The van der Waals surface area contributed by atoms with Gasteiger partial charge in [-0.25, -0.2) is 4.98 Å². The number of hydrogen-bond donors (Lipinski definition) is 2. The van der Waals surface area contributed by atoms with Gasteiger partial charge < -0.3 is 9.88 Å². The Morgan fingerprint density at radius 3 is 2.87 bits per heavy atom. The molecule has 15 heavy (non-hydrogen) atoms. The standard InChI is InChI=1S/C10H16N4O/c1-6-5-14(3)9(12-6)8-4-11-10(15)7(2)13-8/h5,7-8,13H,4H2,1-3H3,(H,11,15). The van der Waals surface area contributed by atoms with E-state index in [-0.39, 0.29) is 18.0 Å². The van der Waals surface area contributed by atoms with Crippen molar-refractivity contribution in [3.8, 4) is 0 Å². The van der Waals surface area contributed by atoms with E-state index in [4.69, 9.17) is 0 Å². The highest BCUT2D eigenvalue weighted by Crippen LogP contribution is 2.14. The van der Waals surface area contributed by atoms with Crippen LogP contribution >= 0.6 is 0 Å². The number of imidazole rings is 1. The van der Waals surface area contributed by atoms with E-state index in [1.165, 1.54) is 0 Å². The van der Waals surface area contributed by atoms with Crippen LogP contribution in [-0.4, -0.2) is 28.0 Å². The van der Waals surface area contributed by atoms with Gasteiger partial charge in [0.15, 0.2) is 0 Å². The van der Waals surface area contributed by atoms with Gasteiger partial charge in [-0.1, -0.05) is 0 Å². The van der Waals surface area contributed by atoms with Gasteiger partial charge in [0.1, 0.15) is 5.82 Å². The van der Waals surface area contributed by atoms with E-state index >= 15 is 0 Å². The Labute approximate surface area is 88.9 Å². The van der Waals surface area contributed by atoms with Crippen molar-refractivity contribution in [2.45, 2.75) is 25.9 Å². The molecule has 1 aromatic rings. The predicted molar refractivity (Wildman–Crippen MR) is 56.3 cm³/mol. The molecule has 2 rings (SSSR count). The van der Waals surface area contributed by atoms with Crippen molar-refractivity contribution in [2.75, 3.05) is 6.54 Å². The van der Waals surface area contributed by atoms with Crippen molar-refractivity contribution in [3.05, 3.63) is 17.7 Å². The molecule has 1 aromatic heterocycles. The zero-order valence-electron chi connectivity index (χ0n) is 9.24. The van der Waals surface area contributed by atoms with E-state index in [1.54, 1.807) is 0 Å². The number of amides is 1. The zero-order valence-corrected chi connectivity index (χ0v) is 9.24. The molecule has 0 bridgehead atoms. The second-order valence-electron chi connectivity index (χ2n) is 4.04. The minimum absolute atomic E-state index is 0.0529. The second kappa shape index (κ2) is 3.66. The minimum atomic E-state index is -0.152. The van der Waals surface area contributed by atoms with Gasteiger partial charge in [0.05, 0.1) is 17.8 Å². The molecular formula is C10H16N4O. The van der Waals surface area contributed by atoms with Gasteiger partial charge in [-0.15, -0.1) is 0 Å². The first-order valence-corrected chi connectivity index (χ1v) is 5.11. The van der Waals surface area contributed by atoms with Gasteiger partial charge in [0, 0.05) is 19.8 Å². The maximum absolute atomic E-state index is 11.3. The maximum Gasteiger partial charge on any atom is 0.236 e. The van der Waals surface area contributed by atoms with Crippen LogP contribution in [-0.2, 0) is 11.8 Å². The van der Waals surface area contributed by atoms with Crippen LogP contribution in [0.1, 0.15) is 24.5 Å². The molecule has 0 saturated carbocycles. The average molecular weight is 208 g/mol. The molecule has 2 atom stereocenters. The number of hydrogen-bond acceptors (Lipinski definition) is 3. The summed E-state index contributed by atoms with van der Waals surface area (Å²) >= 11 is 0. The Balaban J connectivity index is 2.18. The molecule has 0 aromatic carbocycles.